The molecule has 0 N–H and O–H groups in total. The van der Waals surface area contributed by atoms with Gasteiger partial charge < -0.3 is 0 Å². The van der Waals surface area contributed by atoms with Gasteiger partial charge in [0.05, 0.1) is 50.5 Å². The average molecular weight is 1490 g/mol. The van der Waals surface area contributed by atoms with Gasteiger partial charge in [0.1, 0.15) is 35.2 Å². The molecule has 0 amide bonds. The lowest BCUT2D eigenvalue weighted by atomic mass is 9.94. The molecule has 0 atom stereocenters. The fourth-order valence-electron chi connectivity index (χ4n) is 15.4. The van der Waals surface area contributed by atoms with E-state index < -0.39 is 0 Å². The van der Waals surface area contributed by atoms with E-state index in [2.05, 4.69) is 286 Å². The fraction of sp³-hybridized carbons (Fsp3) is 0.202. The Morgan fingerprint density at radius 3 is 1.01 bits per heavy atom. The summed E-state index contributed by atoms with van der Waals surface area (Å²) >= 11 is 0. The highest BCUT2D eigenvalue weighted by Gasteiger charge is 2.26. The Morgan fingerprint density at radius 2 is 0.575 bits per heavy atom. The molecule has 562 valence electrons. The van der Waals surface area contributed by atoms with Gasteiger partial charge in [0.15, 0.2) is 28.5 Å². The molecule has 0 saturated carbocycles. The highest BCUT2D eigenvalue weighted by molar-refractivity contribution is 6.00. The zero-order valence-electron chi connectivity index (χ0n) is 74.5. The predicted octanol–water partition coefficient (Wildman–Crippen LogP) is 22.5. The summed E-state index contributed by atoms with van der Waals surface area (Å²) < 4.78 is 53.3. The first-order chi connectivity index (χ1) is 56.4. The van der Waals surface area contributed by atoms with Crippen LogP contribution in [-0.2, 0) is 35.2 Å². The molecule has 8 aromatic carbocycles. The second-order valence-corrected chi connectivity index (χ2v) is 30.5. The molecule has 17 aromatic rings. The van der Waals surface area contributed by atoms with Gasteiger partial charge in [-0.15, -0.1) is 0 Å². The summed E-state index contributed by atoms with van der Waals surface area (Å²) in [7, 11) is 10.2. The van der Waals surface area contributed by atoms with Crippen molar-refractivity contribution in [1.82, 2.24) is 19.9 Å². The molecular formula is C104H106N9+5. The number of rotatable bonds is 7. The van der Waals surface area contributed by atoms with Crippen molar-refractivity contribution in [2.45, 2.75) is 111 Å². The van der Waals surface area contributed by atoms with E-state index in [1.54, 1.807) is 12.4 Å². The van der Waals surface area contributed by atoms with Crippen LogP contribution in [0.4, 0.5) is 0 Å². The highest BCUT2D eigenvalue weighted by Crippen LogP contribution is 2.37. The Balaban J connectivity index is 0.000000128. The normalized spacial score (nSPS) is 11.7. The van der Waals surface area contributed by atoms with Crippen LogP contribution < -0.4 is 22.8 Å². The van der Waals surface area contributed by atoms with Gasteiger partial charge in [-0.25, -0.2) is 0 Å². The van der Waals surface area contributed by atoms with Crippen molar-refractivity contribution in [1.29, 1.82) is 0 Å². The maximum Gasteiger partial charge on any atom is 0.222 e. The van der Waals surface area contributed by atoms with Crippen molar-refractivity contribution in [2.24, 2.45) is 35.2 Å². The molecule has 9 heteroatoms. The summed E-state index contributed by atoms with van der Waals surface area (Å²) in [6, 6.07) is 66.3. The van der Waals surface area contributed by atoms with Crippen LogP contribution in [-0.4, -0.2) is 19.9 Å². The molecule has 0 unspecified atom stereocenters. The lowest BCUT2D eigenvalue weighted by Crippen LogP contribution is -2.35. The summed E-state index contributed by atoms with van der Waals surface area (Å²) in [5.41, 5.74) is 34.5. The van der Waals surface area contributed by atoms with E-state index in [0.29, 0.717) is 30.2 Å². The molecule has 0 aliphatic rings. The Bertz CT molecular complexity index is 6640. The van der Waals surface area contributed by atoms with Gasteiger partial charge in [0.25, 0.3) is 0 Å². The van der Waals surface area contributed by atoms with Crippen LogP contribution in [0.25, 0.3) is 132 Å². The third kappa shape index (κ3) is 16.6. The molecule has 9 aromatic heterocycles. The van der Waals surface area contributed by atoms with E-state index in [1.165, 1.54) is 89.4 Å². The van der Waals surface area contributed by atoms with E-state index in [1.807, 2.05) is 122 Å². The van der Waals surface area contributed by atoms with Gasteiger partial charge in [-0.1, -0.05) is 125 Å². The number of hydrogen-bond acceptors (Lipinski definition) is 4. The fourth-order valence-corrected chi connectivity index (χ4v) is 15.4. The first kappa shape index (κ1) is 72.0. The Labute approximate surface area is 675 Å². The smallest absolute Gasteiger partial charge is 0.222 e. The van der Waals surface area contributed by atoms with Crippen molar-refractivity contribution in [3.8, 4) is 78.5 Å². The number of aryl methyl sites for hydroxylation is 10. The van der Waals surface area contributed by atoms with Crippen LogP contribution in [0, 0.1) is 111 Å². The molecule has 9 heterocycles. The minimum absolute atomic E-state index is 0.554. The van der Waals surface area contributed by atoms with Gasteiger partial charge in [-0.3, -0.25) is 19.9 Å². The molecule has 0 saturated heterocycles. The monoisotopic (exact) mass is 1490 g/mol. The molecule has 0 bridgehead atoms. The third-order valence-corrected chi connectivity index (χ3v) is 22.3. The van der Waals surface area contributed by atoms with Crippen LogP contribution in [0.5, 0.6) is 0 Å². The van der Waals surface area contributed by atoms with Crippen molar-refractivity contribution in [3.05, 3.63) is 351 Å². The topological polar surface area (TPSA) is 71.0 Å². The quantitative estimate of drug-likeness (QED) is 0.149. The standard InChI is InChI=1S/2C22H20N3.C21H24N.C20H22N.C19H20N/c1-15-13-24-10-8-20(15)22-21-7-6-17(18-5-4-9-23-14-18)12-19(21)11-16(2)25(22)3;1-15-8-10-24-14-21(15)22-20-7-6-17(18-5-4-9-23-13-18)12-19(20)11-16(2)25(22)3;1-13-7-8-19-18(10-13)12-16(4)22(6)21(19)20-11-14(2)9-15(3)17(20)5;1-13-7-9-18-17(10-13)12-16(4)21(5)20(18)19-11-14(2)6-8-15(19)3;1-13-9-10-18-16(11-13)12-15(3)20(4)19(18)17-8-6-5-7-14(17)2/h2*4-14H,1-3H3;7-12H,1-6H3;6-12H,1-5H3;5-12H,1-4H3/q5*+1/i2*11D;3*12D. The molecule has 0 radical (unpaired) electrons. The van der Waals surface area contributed by atoms with E-state index >= 15 is 0 Å². The minimum atomic E-state index is 0.554. The SMILES string of the molecule is [2H]c1c(C)[n+](C)c(-c2cc(C)cc(C)c2C)c2ccc(C)cc12.[2H]c1c(C)[n+](C)c(-c2cc(C)ccc2C)c2ccc(C)cc12.[2H]c1c(C)[n+](C)c(-c2ccccc2C)c2ccc(C)cc12.[2H]c1c(C)[n+](C)c(-c2ccncc2C)c2ccc(-c3cccnc3)cc12.[2H]c1c(C)[n+](C)c(-c2cnccc2C)c2ccc(-c3cccnc3)cc12. The van der Waals surface area contributed by atoms with Crippen LogP contribution >= 0.6 is 0 Å². The molecule has 0 aliphatic carbocycles. The molecule has 9 nitrogen and oxygen atoms in total. The number of benzene rings is 8. The largest absolute Gasteiger partial charge is 0.264 e. The number of pyridine rings is 9. The molecule has 0 aliphatic heterocycles. The first-order valence-electron chi connectivity index (χ1n) is 41.3. The van der Waals surface area contributed by atoms with E-state index in [-0.39, 0.29) is 0 Å². The number of fused-ring (bicyclic) bond motifs is 5. The maximum atomic E-state index is 8.65. The van der Waals surface area contributed by atoms with Gasteiger partial charge in [0, 0.05) is 137 Å². The number of nitrogens with zero attached hydrogens (tertiary/aromatic N) is 9. The summed E-state index contributed by atoms with van der Waals surface area (Å²) in [5.74, 6) is 0. The van der Waals surface area contributed by atoms with Crippen molar-refractivity contribution in [3.63, 3.8) is 0 Å². The predicted molar refractivity (Wildman–Crippen MR) is 471 cm³/mol. The van der Waals surface area contributed by atoms with Gasteiger partial charge >= 0.3 is 0 Å². The molecular weight excluding hydrogens is 1380 g/mol. The van der Waals surface area contributed by atoms with E-state index in [0.717, 1.165) is 133 Å². The van der Waals surface area contributed by atoms with Crippen molar-refractivity contribution < 1.29 is 29.7 Å². The molecule has 0 fully saturated rings. The first-order valence-corrected chi connectivity index (χ1v) is 38.8. The zero-order valence-corrected chi connectivity index (χ0v) is 69.5. The maximum absolute atomic E-state index is 8.65. The van der Waals surface area contributed by atoms with Crippen molar-refractivity contribution >= 4 is 53.9 Å². The summed E-state index contributed by atoms with van der Waals surface area (Å²) in [5, 5.41) is 10.6. The minimum Gasteiger partial charge on any atom is -0.264 e. The third-order valence-electron chi connectivity index (χ3n) is 22.3. The Hall–Kier alpha value is -12.6. The average Bonchev–Trinajstić information content (AvgIpc) is 0.772. The second kappa shape index (κ2) is 33.5. The lowest BCUT2D eigenvalue weighted by Gasteiger charge is -2.13. The number of hydrogen-bond donors (Lipinski definition) is 0. The van der Waals surface area contributed by atoms with Crippen molar-refractivity contribution in [2.75, 3.05) is 0 Å². The summed E-state index contributed by atoms with van der Waals surface area (Å²) in [4.78, 5) is 17.0. The summed E-state index contributed by atoms with van der Waals surface area (Å²) in [6.45, 7) is 33.4. The van der Waals surface area contributed by atoms with Gasteiger partial charge in [-0.2, -0.15) is 22.8 Å². The van der Waals surface area contributed by atoms with Crippen LogP contribution in [0.2, 0.25) is 0 Å². The van der Waals surface area contributed by atoms with Gasteiger partial charge in [0.2, 0.25) is 28.5 Å². The van der Waals surface area contributed by atoms with E-state index in [9.17, 15) is 0 Å². The van der Waals surface area contributed by atoms with Gasteiger partial charge in [-0.05, 0) is 233 Å². The molecule has 0 spiro atoms. The lowest BCUT2D eigenvalue weighted by molar-refractivity contribution is -0.665. The van der Waals surface area contributed by atoms with Crippen LogP contribution in [0.3, 0.4) is 0 Å². The Morgan fingerprint density at radius 1 is 0.230 bits per heavy atom. The molecule has 113 heavy (non-hydrogen) atoms. The number of aromatic nitrogens is 9. The van der Waals surface area contributed by atoms with Crippen LogP contribution in [0.1, 0.15) is 96.5 Å². The second-order valence-electron chi connectivity index (χ2n) is 30.5. The van der Waals surface area contributed by atoms with Crippen LogP contribution in [0.15, 0.2) is 262 Å². The molecule has 17 rings (SSSR count). The highest BCUT2D eigenvalue weighted by atomic mass is 15.0. The zero-order chi connectivity index (χ0) is 84.6. The van der Waals surface area contributed by atoms with E-state index in [4.69, 9.17) is 6.85 Å². The summed E-state index contributed by atoms with van der Waals surface area (Å²) in [6.07, 6.45) is 14.7. The Kier molecular flexibility index (Phi) is 21.4.